The molecule has 0 amide bonds. The molecule has 0 N–H and O–H groups in total. The average molecular weight is 343 g/mol. The molecular formula is C20H38O4. The van der Waals surface area contributed by atoms with Gasteiger partial charge in [0.2, 0.25) is 0 Å². The van der Waals surface area contributed by atoms with Gasteiger partial charge < -0.3 is 9.47 Å². The Morgan fingerprint density at radius 1 is 0.792 bits per heavy atom. The zero-order chi connectivity index (χ0) is 18.4. The van der Waals surface area contributed by atoms with Crippen molar-refractivity contribution in [3.8, 4) is 0 Å². The molecule has 0 aromatic carbocycles. The summed E-state index contributed by atoms with van der Waals surface area (Å²) in [5, 5.41) is 0. The zero-order valence-electron chi connectivity index (χ0n) is 16.5. The number of ether oxygens (including phenoxy) is 2. The van der Waals surface area contributed by atoms with Gasteiger partial charge in [-0.3, -0.25) is 9.59 Å². The van der Waals surface area contributed by atoms with Gasteiger partial charge in [0.15, 0.2) is 5.41 Å². The van der Waals surface area contributed by atoms with Crippen molar-refractivity contribution in [1.82, 2.24) is 0 Å². The molecule has 4 nitrogen and oxygen atoms in total. The summed E-state index contributed by atoms with van der Waals surface area (Å²) in [6.45, 7) is 10.4. The van der Waals surface area contributed by atoms with Gasteiger partial charge in [0, 0.05) is 0 Å². The van der Waals surface area contributed by atoms with Crippen LogP contribution in [0.15, 0.2) is 0 Å². The number of unbranched alkanes of at least 4 members (excludes halogenated alkanes) is 3. The van der Waals surface area contributed by atoms with Crippen LogP contribution in [0.2, 0.25) is 0 Å². The van der Waals surface area contributed by atoms with E-state index in [0.29, 0.717) is 19.4 Å². The van der Waals surface area contributed by atoms with Gasteiger partial charge in [-0.2, -0.15) is 0 Å². The van der Waals surface area contributed by atoms with Gasteiger partial charge in [0.25, 0.3) is 0 Å². The molecule has 0 saturated carbocycles. The highest BCUT2D eigenvalue weighted by Gasteiger charge is 2.46. The second kappa shape index (κ2) is 13.3. The fourth-order valence-corrected chi connectivity index (χ4v) is 2.91. The third kappa shape index (κ3) is 7.23. The van der Waals surface area contributed by atoms with Gasteiger partial charge >= 0.3 is 11.9 Å². The fourth-order valence-electron chi connectivity index (χ4n) is 2.91. The van der Waals surface area contributed by atoms with E-state index >= 15 is 0 Å². The molecule has 0 aromatic rings. The second-order valence-corrected chi connectivity index (χ2v) is 6.59. The molecule has 0 heterocycles. The summed E-state index contributed by atoms with van der Waals surface area (Å²) in [5.41, 5.74) is -1.15. The topological polar surface area (TPSA) is 52.6 Å². The molecular weight excluding hydrogens is 304 g/mol. The summed E-state index contributed by atoms with van der Waals surface area (Å²) < 4.78 is 11.1. The van der Waals surface area contributed by atoms with Crippen molar-refractivity contribution in [1.29, 1.82) is 0 Å². The van der Waals surface area contributed by atoms with Crippen molar-refractivity contribution in [2.45, 2.75) is 105 Å². The summed E-state index contributed by atoms with van der Waals surface area (Å²) in [6.07, 6.45) is 8.54. The molecule has 142 valence electrons. The molecule has 0 spiro atoms. The predicted molar refractivity (Wildman–Crippen MR) is 97.8 cm³/mol. The number of carbonyl (C=O) groups is 2. The molecule has 0 aliphatic heterocycles. The molecule has 0 saturated heterocycles. The third-order valence-corrected chi connectivity index (χ3v) is 4.71. The highest BCUT2D eigenvalue weighted by Crippen LogP contribution is 2.31. The normalized spacial score (nSPS) is 11.6. The summed E-state index contributed by atoms with van der Waals surface area (Å²) in [6, 6.07) is 0. The highest BCUT2D eigenvalue weighted by atomic mass is 16.6. The number of hydrogen-bond donors (Lipinski definition) is 0. The third-order valence-electron chi connectivity index (χ3n) is 4.71. The first-order valence-corrected chi connectivity index (χ1v) is 9.90. The van der Waals surface area contributed by atoms with Gasteiger partial charge in [0.05, 0.1) is 6.61 Å². The molecule has 0 rings (SSSR count). The van der Waals surface area contributed by atoms with Crippen molar-refractivity contribution < 1.29 is 19.1 Å². The Bertz CT molecular complexity index is 342. The van der Waals surface area contributed by atoms with Crippen molar-refractivity contribution in [3.05, 3.63) is 0 Å². The molecule has 4 heteroatoms. The molecule has 0 fully saturated rings. The minimum atomic E-state index is -1.15. The number of carbonyl (C=O) groups excluding carboxylic acids is 2. The summed E-state index contributed by atoms with van der Waals surface area (Å²) in [7, 11) is 0. The molecule has 0 bridgehead atoms. The Morgan fingerprint density at radius 2 is 1.38 bits per heavy atom. The largest absolute Gasteiger partial charge is 0.465 e. The number of rotatable bonds is 14. The van der Waals surface area contributed by atoms with Crippen LogP contribution in [0, 0.1) is 5.41 Å². The standard InChI is InChI=1S/C20H38O4/c1-6-11-12-13-16-23-18(21)20(9-4,10-5)19(22)24-17(14-7-2)15-8-3/h17H,6-16H2,1-5H3. The Morgan fingerprint density at radius 3 is 1.83 bits per heavy atom. The van der Waals surface area contributed by atoms with Crippen molar-refractivity contribution >= 4 is 11.9 Å². The number of hydrogen-bond acceptors (Lipinski definition) is 4. The van der Waals surface area contributed by atoms with E-state index in [1.54, 1.807) is 0 Å². The van der Waals surface area contributed by atoms with Crippen LogP contribution in [0.25, 0.3) is 0 Å². The Hall–Kier alpha value is -1.06. The lowest BCUT2D eigenvalue weighted by Crippen LogP contribution is -2.42. The maximum atomic E-state index is 12.7. The van der Waals surface area contributed by atoms with E-state index < -0.39 is 17.4 Å². The summed E-state index contributed by atoms with van der Waals surface area (Å²) >= 11 is 0. The van der Waals surface area contributed by atoms with Crippen LogP contribution in [0.5, 0.6) is 0 Å². The van der Waals surface area contributed by atoms with E-state index in [-0.39, 0.29) is 6.10 Å². The predicted octanol–water partition coefficient (Wildman–Crippen LogP) is 5.43. The first-order chi connectivity index (χ1) is 11.5. The lowest BCUT2D eigenvalue weighted by atomic mass is 9.82. The van der Waals surface area contributed by atoms with Crippen LogP contribution in [0.3, 0.4) is 0 Å². The maximum absolute atomic E-state index is 12.7. The van der Waals surface area contributed by atoms with Gasteiger partial charge in [-0.25, -0.2) is 0 Å². The highest BCUT2D eigenvalue weighted by molar-refractivity contribution is 6.00. The van der Waals surface area contributed by atoms with E-state index in [2.05, 4.69) is 20.8 Å². The monoisotopic (exact) mass is 342 g/mol. The Labute approximate surface area is 148 Å². The summed E-state index contributed by atoms with van der Waals surface area (Å²) in [5.74, 6) is -0.821. The molecule has 0 aliphatic rings. The van der Waals surface area contributed by atoms with Crippen LogP contribution >= 0.6 is 0 Å². The minimum Gasteiger partial charge on any atom is -0.465 e. The van der Waals surface area contributed by atoms with E-state index in [0.717, 1.165) is 51.4 Å². The van der Waals surface area contributed by atoms with Crippen molar-refractivity contribution in [2.24, 2.45) is 5.41 Å². The quantitative estimate of drug-likeness (QED) is 0.240. The number of esters is 2. The van der Waals surface area contributed by atoms with E-state index in [1.165, 1.54) is 0 Å². The Kier molecular flexibility index (Phi) is 12.7. The maximum Gasteiger partial charge on any atom is 0.323 e. The SMILES string of the molecule is CCCCCCOC(=O)C(CC)(CC)C(=O)OC(CCC)CCC. The van der Waals surface area contributed by atoms with Gasteiger partial charge in [0.1, 0.15) is 6.10 Å². The molecule has 0 aromatic heterocycles. The Balaban J connectivity index is 4.80. The van der Waals surface area contributed by atoms with Gasteiger partial charge in [-0.15, -0.1) is 0 Å². The molecule has 24 heavy (non-hydrogen) atoms. The fraction of sp³-hybridized carbons (Fsp3) is 0.900. The molecule has 0 aliphatic carbocycles. The first kappa shape index (κ1) is 22.9. The molecule has 0 radical (unpaired) electrons. The smallest absolute Gasteiger partial charge is 0.323 e. The molecule has 0 unspecified atom stereocenters. The van der Waals surface area contributed by atoms with Crippen LogP contribution in [0.4, 0.5) is 0 Å². The van der Waals surface area contributed by atoms with Crippen LogP contribution in [-0.4, -0.2) is 24.6 Å². The lowest BCUT2D eigenvalue weighted by Gasteiger charge is -2.29. The van der Waals surface area contributed by atoms with E-state index in [9.17, 15) is 9.59 Å². The van der Waals surface area contributed by atoms with Crippen LogP contribution in [0.1, 0.15) is 98.8 Å². The van der Waals surface area contributed by atoms with Gasteiger partial charge in [-0.1, -0.05) is 66.7 Å². The van der Waals surface area contributed by atoms with Gasteiger partial charge in [-0.05, 0) is 32.1 Å². The van der Waals surface area contributed by atoms with E-state index in [1.807, 2.05) is 13.8 Å². The van der Waals surface area contributed by atoms with Crippen LogP contribution in [-0.2, 0) is 19.1 Å². The average Bonchev–Trinajstić information content (AvgIpc) is 2.56. The summed E-state index contributed by atoms with van der Waals surface area (Å²) in [4.78, 5) is 25.3. The van der Waals surface area contributed by atoms with Crippen molar-refractivity contribution in [3.63, 3.8) is 0 Å². The lowest BCUT2D eigenvalue weighted by molar-refractivity contribution is -0.177. The van der Waals surface area contributed by atoms with Crippen LogP contribution < -0.4 is 0 Å². The second-order valence-electron chi connectivity index (χ2n) is 6.59. The first-order valence-electron chi connectivity index (χ1n) is 9.90. The zero-order valence-corrected chi connectivity index (χ0v) is 16.5. The minimum absolute atomic E-state index is 0.0951. The van der Waals surface area contributed by atoms with Crippen molar-refractivity contribution in [2.75, 3.05) is 6.61 Å². The van der Waals surface area contributed by atoms with E-state index in [4.69, 9.17) is 9.47 Å². The molecule has 0 atom stereocenters.